The van der Waals surface area contributed by atoms with Crippen molar-refractivity contribution in [2.45, 2.75) is 39.2 Å². The molecule has 0 radical (unpaired) electrons. The minimum absolute atomic E-state index is 0.00335. The second-order valence-corrected chi connectivity index (χ2v) is 8.34. The van der Waals surface area contributed by atoms with E-state index < -0.39 is 0 Å². The van der Waals surface area contributed by atoms with Crippen LogP contribution in [0.15, 0.2) is 49.1 Å². The number of ether oxygens (including phenoxy) is 1. The zero-order valence-electron chi connectivity index (χ0n) is 17.4. The van der Waals surface area contributed by atoms with Crippen molar-refractivity contribution in [3.05, 3.63) is 65.9 Å². The van der Waals surface area contributed by atoms with Crippen LogP contribution >= 0.6 is 0 Å². The molecule has 0 spiro atoms. The van der Waals surface area contributed by atoms with Gasteiger partial charge in [-0.1, -0.05) is 32.0 Å². The summed E-state index contributed by atoms with van der Waals surface area (Å²) in [6.45, 7) is 4.39. The predicted molar refractivity (Wildman–Crippen MR) is 113 cm³/mol. The van der Waals surface area contributed by atoms with E-state index in [0.29, 0.717) is 17.3 Å². The molecule has 0 saturated heterocycles. The Hall–Kier alpha value is -3.35. The fourth-order valence-corrected chi connectivity index (χ4v) is 3.98. The molecule has 4 rings (SSSR count). The van der Waals surface area contributed by atoms with Gasteiger partial charge in [-0.05, 0) is 24.3 Å². The molecule has 1 atom stereocenters. The number of fused-ring (bicyclic) bond motifs is 1. The number of nitrogens with one attached hydrogen (secondary N) is 1. The maximum Gasteiger partial charge on any atom is 0.225 e. The van der Waals surface area contributed by atoms with Crippen LogP contribution < -0.4 is 10.1 Å². The van der Waals surface area contributed by atoms with Crippen molar-refractivity contribution in [3.63, 3.8) is 0 Å². The summed E-state index contributed by atoms with van der Waals surface area (Å²) in [4.78, 5) is 30.5. The number of methoxy groups -OCH3 is 1. The van der Waals surface area contributed by atoms with Gasteiger partial charge in [-0.2, -0.15) is 0 Å². The molecule has 0 fully saturated rings. The van der Waals surface area contributed by atoms with E-state index in [0.717, 1.165) is 29.7 Å². The molecule has 7 nitrogen and oxygen atoms in total. The van der Waals surface area contributed by atoms with E-state index >= 15 is 0 Å². The number of aromatic nitrogens is 4. The van der Waals surface area contributed by atoms with Gasteiger partial charge in [-0.25, -0.2) is 15.0 Å². The highest BCUT2D eigenvalue weighted by atomic mass is 16.5. The molecule has 1 N–H and O–H groups in total. The number of nitrogens with zero attached hydrogens (tertiary/aromatic N) is 4. The van der Waals surface area contributed by atoms with Gasteiger partial charge in [0.25, 0.3) is 0 Å². The molecule has 30 heavy (non-hydrogen) atoms. The Bertz CT molecular complexity index is 1050. The Balaban J connectivity index is 1.58. The number of benzene rings is 1. The third-order valence-electron chi connectivity index (χ3n) is 5.35. The molecular weight excluding hydrogens is 378 g/mol. The highest BCUT2D eigenvalue weighted by Crippen LogP contribution is 2.40. The van der Waals surface area contributed by atoms with Crippen LogP contribution in [0.25, 0.3) is 11.5 Å². The van der Waals surface area contributed by atoms with Crippen molar-refractivity contribution in [1.82, 2.24) is 25.3 Å². The maximum atomic E-state index is 12.8. The summed E-state index contributed by atoms with van der Waals surface area (Å²) in [5.41, 5.74) is 3.42. The molecule has 1 unspecified atom stereocenters. The van der Waals surface area contributed by atoms with Crippen LogP contribution in [-0.2, 0) is 17.6 Å². The Labute approximate surface area is 176 Å². The van der Waals surface area contributed by atoms with Crippen LogP contribution in [0.3, 0.4) is 0 Å². The minimum Gasteiger partial charge on any atom is -0.496 e. The molecule has 7 heteroatoms. The van der Waals surface area contributed by atoms with Crippen LogP contribution in [0, 0.1) is 5.41 Å². The molecule has 0 bridgehead atoms. The molecular formula is C23H25N5O2. The molecule has 0 saturated carbocycles. The zero-order chi connectivity index (χ0) is 21.1. The van der Waals surface area contributed by atoms with Gasteiger partial charge in [0, 0.05) is 29.7 Å². The lowest BCUT2D eigenvalue weighted by Gasteiger charge is -2.36. The lowest BCUT2D eigenvalue weighted by atomic mass is 9.74. The molecule has 0 aliphatic heterocycles. The topological polar surface area (TPSA) is 89.9 Å². The van der Waals surface area contributed by atoms with Gasteiger partial charge >= 0.3 is 0 Å². The van der Waals surface area contributed by atoms with Crippen LogP contribution in [0.4, 0.5) is 0 Å². The highest BCUT2D eigenvalue weighted by molar-refractivity contribution is 5.80. The fourth-order valence-electron chi connectivity index (χ4n) is 3.98. The van der Waals surface area contributed by atoms with Crippen LogP contribution in [0.5, 0.6) is 5.75 Å². The third-order valence-corrected chi connectivity index (χ3v) is 5.35. The van der Waals surface area contributed by atoms with Gasteiger partial charge in [0.1, 0.15) is 11.4 Å². The standard InChI is InChI=1S/C23H25N5O2/c1-23(2)11-17(27-21(29)10-15-6-4-5-7-20(15)30-3)16-13-26-22(28-18(16)12-23)19-14-24-8-9-25-19/h4-9,13-14,17H,10-12H2,1-3H3,(H,27,29). The zero-order valence-corrected chi connectivity index (χ0v) is 17.4. The Kier molecular flexibility index (Phi) is 5.44. The van der Waals surface area contributed by atoms with Crippen molar-refractivity contribution in [1.29, 1.82) is 0 Å². The SMILES string of the molecule is COc1ccccc1CC(=O)NC1CC(C)(C)Cc2nc(-c3cnccn3)ncc21. The van der Waals surface area contributed by atoms with Gasteiger partial charge in [-0.15, -0.1) is 0 Å². The first-order chi connectivity index (χ1) is 14.4. The third kappa shape index (κ3) is 4.30. The maximum absolute atomic E-state index is 12.8. The Morgan fingerprint density at radius 1 is 1.20 bits per heavy atom. The summed E-state index contributed by atoms with van der Waals surface area (Å²) in [6.07, 6.45) is 8.62. The summed E-state index contributed by atoms with van der Waals surface area (Å²) in [5, 5.41) is 3.19. The van der Waals surface area contributed by atoms with Crippen LogP contribution in [0.2, 0.25) is 0 Å². The van der Waals surface area contributed by atoms with E-state index in [4.69, 9.17) is 9.72 Å². The first-order valence-corrected chi connectivity index (χ1v) is 9.99. The van der Waals surface area contributed by atoms with Gasteiger partial charge in [0.05, 0.1) is 31.5 Å². The molecule has 1 amide bonds. The van der Waals surface area contributed by atoms with Crippen molar-refractivity contribution in [3.8, 4) is 17.3 Å². The van der Waals surface area contributed by atoms with E-state index in [1.807, 2.05) is 30.5 Å². The van der Waals surface area contributed by atoms with Crippen molar-refractivity contribution >= 4 is 5.91 Å². The second-order valence-electron chi connectivity index (χ2n) is 8.34. The van der Waals surface area contributed by atoms with Gasteiger partial charge < -0.3 is 10.1 Å². The second kappa shape index (κ2) is 8.18. The summed E-state index contributed by atoms with van der Waals surface area (Å²) < 4.78 is 5.37. The number of carbonyl (C=O) groups is 1. The number of rotatable bonds is 5. The Morgan fingerprint density at radius 2 is 2.03 bits per heavy atom. The monoisotopic (exact) mass is 403 g/mol. The number of para-hydroxylation sites is 1. The summed E-state index contributed by atoms with van der Waals surface area (Å²) in [5.74, 6) is 1.22. The van der Waals surface area contributed by atoms with Crippen LogP contribution in [0.1, 0.15) is 43.1 Å². The molecule has 154 valence electrons. The Morgan fingerprint density at radius 3 is 2.80 bits per heavy atom. The molecule has 1 aliphatic rings. The summed E-state index contributed by atoms with van der Waals surface area (Å²) >= 11 is 0. The van der Waals surface area contributed by atoms with Crippen LogP contribution in [-0.4, -0.2) is 33.0 Å². The molecule has 1 aromatic carbocycles. The van der Waals surface area contributed by atoms with E-state index in [-0.39, 0.29) is 23.8 Å². The molecule has 3 aromatic rings. The minimum atomic E-state index is -0.137. The van der Waals surface area contributed by atoms with E-state index in [9.17, 15) is 4.79 Å². The largest absolute Gasteiger partial charge is 0.496 e. The van der Waals surface area contributed by atoms with Gasteiger partial charge in [0.2, 0.25) is 5.91 Å². The predicted octanol–water partition coefficient (Wildman–Crippen LogP) is 3.31. The summed E-state index contributed by atoms with van der Waals surface area (Å²) in [6, 6.07) is 7.44. The lowest BCUT2D eigenvalue weighted by Crippen LogP contribution is -2.37. The first-order valence-electron chi connectivity index (χ1n) is 9.99. The number of hydrogen-bond acceptors (Lipinski definition) is 6. The number of carbonyl (C=O) groups excluding carboxylic acids is 1. The quantitative estimate of drug-likeness (QED) is 0.703. The molecule has 2 aromatic heterocycles. The molecule has 2 heterocycles. The van der Waals surface area contributed by atoms with Gasteiger partial charge in [-0.3, -0.25) is 9.78 Å². The lowest BCUT2D eigenvalue weighted by molar-refractivity contribution is -0.121. The normalized spacial score (nSPS) is 17.1. The number of amides is 1. The van der Waals surface area contributed by atoms with Crippen molar-refractivity contribution in [2.75, 3.05) is 7.11 Å². The smallest absolute Gasteiger partial charge is 0.225 e. The summed E-state index contributed by atoms with van der Waals surface area (Å²) in [7, 11) is 1.61. The number of hydrogen-bond donors (Lipinski definition) is 1. The van der Waals surface area contributed by atoms with E-state index in [1.165, 1.54) is 0 Å². The van der Waals surface area contributed by atoms with Gasteiger partial charge in [0.15, 0.2) is 5.82 Å². The van der Waals surface area contributed by atoms with Crippen molar-refractivity contribution in [2.24, 2.45) is 5.41 Å². The van der Waals surface area contributed by atoms with E-state index in [1.54, 1.807) is 25.7 Å². The highest BCUT2D eigenvalue weighted by Gasteiger charge is 2.34. The first kappa shape index (κ1) is 19.9. The molecule has 1 aliphatic carbocycles. The van der Waals surface area contributed by atoms with E-state index in [2.05, 4.69) is 34.1 Å². The van der Waals surface area contributed by atoms with Crippen molar-refractivity contribution < 1.29 is 9.53 Å². The average molecular weight is 403 g/mol. The average Bonchev–Trinajstić information content (AvgIpc) is 2.73. The fraction of sp³-hybridized carbons (Fsp3) is 0.348.